The van der Waals surface area contributed by atoms with Crippen LogP contribution < -0.4 is 11.1 Å². The highest BCUT2D eigenvalue weighted by Gasteiger charge is 2.27. The maximum atomic E-state index is 5.89. The molecule has 2 nitrogen and oxygen atoms in total. The van der Waals surface area contributed by atoms with E-state index in [9.17, 15) is 0 Å². The number of rotatable bonds is 5. The lowest BCUT2D eigenvalue weighted by atomic mass is 9.83. The molecule has 2 atom stereocenters. The summed E-state index contributed by atoms with van der Waals surface area (Å²) in [5.41, 5.74) is 6.12. The molecule has 1 heterocycles. The van der Waals surface area contributed by atoms with Gasteiger partial charge in [-0.2, -0.15) is 0 Å². The van der Waals surface area contributed by atoms with Gasteiger partial charge in [-0.3, -0.25) is 0 Å². The Morgan fingerprint density at radius 3 is 2.83 bits per heavy atom. The lowest BCUT2D eigenvalue weighted by molar-refractivity contribution is 0.255. The van der Waals surface area contributed by atoms with E-state index in [-0.39, 0.29) is 5.41 Å². The first-order valence-electron chi connectivity index (χ1n) is 7.11. The third-order valence-corrected chi connectivity index (χ3v) is 5.44. The molecular formula is C15H26N2S. The van der Waals surface area contributed by atoms with Gasteiger partial charge in [0.05, 0.1) is 0 Å². The molecule has 1 saturated carbocycles. The van der Waals surface area contributed by atoms with Crippen molar-refractivity contribution >= 4 is 11.3 Å². The van der Waals surface area contributed by atoms with Gasteiger partial charge in [0.15, 0.2) is 0 Å². The number of hydrogen-bond donors (Lipinski definition) is 2. The van der Waals surface area contributed by atoms with E-state index in [0.717, 1.165) is 13.1 Å². The maximum absolute atomic E-state index is 5.89. The van der Waals surface area contributed by atoms with Crippen LogP contribution in [0.5, 0.6) is 0 Å². The molecule has 0 aromatic carbocycles. The first-order chi connectivity index (χ1) is 8.63. The summed E-state index contributed by atoms with van der Waals surface area (Å²) >= 11 is 1.86. The van der Waals surface area contributed by atoms with Crippen molar-refractivity contribution in [1.29, 1.82) is 0 Å². The molecule has 0 aliphatic heterocycles. The Labute approximate surface area is 115 Å². The molecule has 1 aromatic heterocycles. The molecule has 3 N–H and O–H groups in total. The van der Waals surface area contributed by atoms with Gasteiger partial charge in [-0.1, -0.05) is 32.8 Å². The Balaban J connectivity index is 1.90. The van der Waals surface area contributed by atoms with Gasteiger partial charge in [-0.25, -0.2) is 0 Å². The normalized spacial score (nSPS) is 25.3. The highest BCUT2D eigenvalue weighted by Crippen LogP contribution is 2.28. The second-order valence-electron chi connectivity index (χ2n) is 6.13. The summed E-state index contributed by atoms with van der Waals surface area (Å²) in [5, 5.41) is 5.94. The first kappa shape index (κ1) is 14.0. The summed E-state index contributed by atoms with van der Waals surface area (Å²) in [6.07, 6.45) is 5.30. The summed E-state index contributed by atoms with van der Waals surface area (Å²) in [4.78, 5) is 1.47. The second kappa shape index (κ2) is 6.18. The second-order valence-corrected chi connectivity index (χ2v) is 7.08. The van der Waals surface area contributed by atoms with Gasteiger partial charge >= 0.3 is 0 Å². The number of nitrogens with two attached hydrogens (primary N) is 1. The van der Waals surface area contributed by atoms with Crippen molar-refractivity contribution in [2.75, 3.05) is 13.1 Å². The van der Waals surface area contributed by atoms with Crippen LogP contribution in [0.3, 0.4) is 0 Å². The van der Waals surface area contributed by atoms with Crippen LogP contribution in [0.1, 0.15) is 44.4 Å². The topological polar surface area (TPSA) is 38.0 Å². The molecule has 0 bridgehead atoms. The van der Waals surface area contributed by atoms with Crippen molar-refractivity contribution < 1.29 is 0 Å². The molecule has 2 rings (SSSR count). The van der Waals surface area contributed by atoms with Gasteiger partial charge in [0.25, 0.3) is 0 Å². The predicted octanol–water partition coefficient (Wildman–Crippen LogP) is 3.13. The molecule has 102 valence electrons. The van der Waals surface area contributed by atoms with Crippen molar-refractivity contribution in [2.45, 2.75) is 51.0 Å². The highest BCUT2D eigenvalue weighted by atomic mass is 32.1. The monoisotopic (exact) mass is 266 g/mol. The van der Waals surface area contributed by atoms with Gasteiger partial charge in [0.2, 0.25) is 0 Å². The average Bonchev–Trinajstić information content (AvgIpc) is 2.91. The molecule has 18 heavy (non-hydrogen) atoms. The van der Waals surface area contributed by atoms with Crippen LogP contribution in [0.2, 0.25) is 0 Å². The van der Waals surface area contributed by atoms with Crippen LogP contribution >= 0.6 is 11.3 Å². The SMILES string of the molecule is CC(C)(CNC1CCCCC1CN)c1cccs1. The summed E-state index contributed by atoms with van der Waals surface area (Å²) in [7, 11) is 0. The van der Waals surface area contributed by atoms with Gasteiger partial charge < -0.3 is 11.1 Å². The molecule has 1 aromatic rings. The molecule has 3 heteroatoms. The fraction of sp³-hybridized carbons (Fsp3) is 0.733. The van der Waals surface area contributed by atoms with Crippen LogP contribution in [-0.2, 0) is 5.41 Å². The molecule has 0 amide bonds. The van der Waals surface area contributed by atoms with Crippen molar-refractivity contribution in [1.82, 2.24) is 5.32 Å². The Morgan fingerprint density at radius 1 is 1.39 bits per heavy atom. The quantitative estimate of drug-likeness (QED) is 0.859. The van der Waals surface area contributed by atoms with E-state index in [1.54, 1.807) is 0 Å². The fourth-order valence-corrected chi connectivity index (χ4v) is 3.75. The molecule has 1 aliphatic rings. The van der Waals surface area contributed by atoms with Crippen molar-refractivity contribution in [3.05, 3.63) is 22.4 Å². The minimum Gasteiger partial charge on any atom is -0.330 e. The summed E-state index contributed by atoms with van der Waals surface area (Å²) in [6, 6.07) is 5.02. The van der Waals surface area contributed by atoms with E-state index in [2.05, 4.69) is 36.7 Å². The Morgan fingerprint density at radius 2 is 2.17 bits per heavy atom. The summed E-state index contributed by atoms with van der Waals surface area (Å²) in [6.45, 7) is 6.53. The van der Waals surface area contributed by atoms with E-state index in [1.807, 2.05) is 11.3 Å². The van der Waals surface area contributed by atoms with E-state index in [4.69, 9.17) is 5.73 Å². The molecule has 2 unspecified atom stereocenters. The van der Waals surface area contributed by atoms with Crippen LogP contribution in [0, 0.1) is 5.92 Å². The summed E-state index contributed by atoms with van der Waals surface area (Å²) in [5.74, 6) is 0.679. The predicted molar refractivity (Wildman–Crippen MR) is 80.1 cm³/mol. The van der Waals surface area contributed by atoms with Gasteiger partial charge in [0.1, 0.15) is 0 Å². The van der Waals surface area contributed by atoms with Crippen LogP contribution in [0.25, 0.3) is 0 Å². The molecular weight excluding hydrogens is 240 g/mol. The summed E-state index contributed by atoms with van der Waals surface area (Å²) < 4.78 is 0. The number of hydrogen-bond acceptors (Lipinski definition) is 3. The Bertz CT molecular complexity index is 345. The van der Waals surface area contributed by atoms with Crippen LogP contribution in [-0.4, -0.2) is 19.1 Å². The van der Waals surface area contributed by atoms with Crippen molar-refractivity contribution in [2.24, 2.45) is 11.7 Å². The van der Waals surface area contributed by atoms with Gasteiger partial charge in [-0.15, -0.1) is 11.3 Å². The van der Waals surface area contributed by atoms with Gasteiger partial charge in [-0.05, 0) is 36.8 Å². The molecule has 0 radical (unpaired) electrons. The molecule has 1 fully saturated rings. The maximum Gasteiger partial charge on any atom is 0.0115 e. The third-order valence-electron chi connectivity index (χ3n) is 4.21. The third kappa shape index (κ3) is 3.34. The van der Waals surface area contributed by atoms with Crippen LogP contribution in [0.4, 0.5) is 0 Å². The number of nitrogens with one attached hydrogen (secondary N) is 1. The highest BCUT2D eigenvalue weighted by molar-refractivity contribution is 7.10. The molecule has 0 saturated heterocycles. The Hall–Kier alpha value is -0.380. The lowest BCUT2D eigenvalue weighted by Crippen LogP contribution is -2.46. The fourth-order valence-electron chi connectivity index (χ4n) is 2.90. The van der Waals surface area contributed by atoms with E-state index in [1.165, 1.54) is 30.6 Å². The standard InChI is InChI=1S/C15H26N2S/c1-15(2,14-8-5-9-18-14)11-17-13-7-4-3-6-12(13)10-16/h5,8-9,12-13,17H,3-4,6-7,10-11,16H2,1-2H3. The first-order valence-corrected chi connectivity index (χ1v) is 7.99. The zero-order valence-corrected chi connectivity index (χ0v) is 12.4. The largest absolute Gasteiger partial charge is 0.330 e. The molecule has 1 aliphatic carbocycles. The minimum absolute atomic E-state index is 0.227. The van der Waals surface area contributed by atoms with E-state index in [0.29, 0.717) is 12.0 Å². The minimum atomic E-state index is 0.227. The van der Waals surface area contributed by atoms with Gasteiger partial charge in [0, 0.05) is 22.9 Å². The smallest absolute Gasteiger partial charge is 0.0115 e. The van der Waals surface area contributed by atoms with Crippen molar-refractivity contribution in [3.8, 4) is 0 Å². The number of thiophene rings is 1. The van der Waals surface area contributed by atoms with E-state index < -0.39 is 0 Å². The van der Waals surface area contributed by atoms with E-state index >= 15 is 0 Å². The van der Waals surface area contributed by atoms with Crippen molar-refractivity contribution in [3.63, 3.8) is 0 Å². The Kier molecular flexibility index (Phi) is 4.82. The zero-order chi connectivity index (χ0) is 13.0. The van der Waals surface area contributed by atoms with Crippen LogP contribution in [0.15, 0.2) is 17.5 Å². The average molecular weight is 266 g/mol. The lowest BCUT2D eigenvalue weighted by Gasteiger charge is -2.34. The molecule has 0 spiro atoms. The zero-order valence-electron chi connectivity index (χ0n) is 11.6.